The summed E-state index contributed by atoms with van der Waals surface area (Å²) in [4.78, 5) is 13.0. The first-order valence-corrected chi connectivity index (χ1v) is 8.94. The van der Waals surface area contributed by atoms with Gasteiger partial charge < -0.3 is 9.84 Å². The standard InChI is InChI=1S/C20H22F3NO3/c1-12-6-14-8-17(27-5-4-18(21)19(22)23)3-2-13(14)7-15(12)9-24-10-16(11-24)20(25)26/h2-3,7-8,12,16H,4-6,9-11H2,1H3,(H,25,26)/t12-/m1/s1. The van der Waals surface area contributed by atoms with Crippen LogP contribution in [0.25, 0.3) is 6.08 Å². The Bertz CT molecular complexity index is 781. The van der Waals surface area contributed by atoms with Crippen molar-refractivity contribution in [1.29, 1.82) is 0 Å². The van der Waals surface area contributed by atoms with Crippen molar-refractivity contribution in [2.45, 2.75) is 19.8 Å². The predicted molar refractivity (Wildman–Crippen MR) is 95.3 cm³/mol. The molecule has 1 fully saturated rings. The van der Waals surface area contributed by atoms with Crippen LogP contribution in [0.15, 0.2) is 35.7 Å². The Balaban J connectivity index is 1.60. The van der Waals surface area contributed by atoms with Gasteiger partial charge in [-0.3, -0.25) is 9.69 Å². The predicted octanol–water partition coefficient (Wildman–Crippen LogP) is 4.13. The summed E-state index contributed by atoms with van der Waals surface area (Å²) in [6, 6.07) is 5.53. The minimum absolute atomic E-state index is 0.141. The van der Waals surface area contributed by atoms with Crippen molar-refractivity contribution in [3.8, 4) is 5.75 Å². The third kappa shape index (κ3) is 4.71. The summed E-state index contributed by atoms with van der Waals surface area (Å²) in [5, 5.41) is 8.97. The van der Waals surface area contributed by atoms with Crippen molar-refractivity contribution in [2.75, 3.05) is 26.2 Å². The Kier molecular flexibility index (Phi) is 5.89. The maximum absolute atomic E-state index is 12.8. The molecule has 1 N–H and O–H groups in total. The average Bonchev–Trinajstić information content (AvgIpc) is 2.57. The molecule has 1 saturated heterocycles. The largest absolute Gasteiger partial charge is 0.493 e. The number of rotatable bonds is 7. The quantitative estimate of drug-likeness (QED) is 0.772. The highest BCUT2D eigenvalue weighted by molar-refractivity contribution is 5.71. The van der Waals surface area contributed by atoms with Gasteiger partial charge in [-0.25, -0.2) is 4.39 Å². The molecule has 0 unspecified atom stereocenters. The molecule has 0 aromatic heterocycles. The minimum Gasteiger partial charge on any atom is -0.493 e. The van der Waals surface area contributed by atoms with E-state index in [0.29, 0.717) is 24.8 Å². The zero-order chi connectivity index (χ0) is 19.6. The molecule has 0 radical (unpaired) electrons. The Labute approximate surface area is 155 Å². The van der Waals surface area contributed by atoms with Gasteiger partial charge in [0.2, 0.25) is 0 Å². The smallest absolute Gasteiger partial charge is 0.309 e. The molecular formula is C20H22F3NO3. The monoisotopic (exact) mass is 381 g/mol. The van der Waals surface area contributed by atoms with E-state index in [9.17, 15) is 18.0 Å². The molecule has 1 aliphatic carbocycles. The van der Waals surface area contributed by atoms with Gasteiger partial charge in [0.05, 0.1) is 12.5 Å². The molecule has 0 saturated carbocycles. The lowest BCUT2D eigenvalue weighted by molar-refractivity contribution is -0.147. The molecule has 1 atom stereocenters. The third-order valence-electron chi connectivity index (χ3n) is 5.12. The highest BCUT2D eigenvalue weighted by Crippen LogP contribution is 2.32. The van der Waals surface area contributed by atoms with Gasteiger partial charge in [0.1, 0.15) is 5.75 Å². The molecule has 0 amide bonds. The number of carbonyl (C=O) groups is 1. The van der Waals surface area contributed by atoms with Crippen LogP contribution in [-0.2, 0) is 11.2 Å². The Morgan fingerprint density at radius 2 is 2.04 bits per heavy atom. The van der Waals surface area contributed by atoms with Crippen LogP contribution in [0.2, 0.25) is 0 Å². The van der Waals surface area contributed by atoms with Gasteiger partial charge in [-0.2, -0.15) is 8.78 Å². The zero-order valence-electron chi connectivity index (χ0n) is 15.1. The first-order chi connectivity index (χ1) is 12.8. The van der Waals surface area contributed by atoms with Crippen molar-refractivity contribution in [2.24, 2.45) is 11.8 Å². The van der Waals surface area contributed by atoms with Crippen molar-refractivity contribution in [3.63, 3.8) is 0 Å². The molecule has 1 aromatic rings. The number of halogens is 3. The number of carboxylic acid groups (broad SMARTS) is 1. The van der Waals surface area contributed by atoms with Gasteiger partial charge in [0.25, 0.3) is 0 Å². The number of fused-ring (bicyclic) bond motifs is 1. The average molecular weight is 381 g/mol. The number of likely N-dealkylation sites (tertiary alicyclic amines) is 1. The fraction of sp³-hybridized carbons (Fsp3) is 0.450. The van der Waals surface area contributed by atoms with E-state index in [1.165, 1.54) is 5.57 Å². The summed E-state index contributed by atoms with van der Waals surface area (Å²) in [7, 11) is 0. The van der Waals surface area contributed by atoms with Crippen LogP contribution in [0.4, 0.5) is 13.2 Å². The maximum atomic E-state index is 12.8. The van der Waals surface area contributed by atoms with Crippen LogP contribution >= 0.6 is 0 Å². The summed E-state index contributed by atoms with van der Waals surface area (Å²) < 4.78 is 42.3. The Morgan fingerprint density at radius 3 is 2.70 bits per heavy atom. The highest BCUT2D eigenvalue weighted by Gasteiger charge is 2.33. The molecule has 7 heteroatoms. The summed E-state index contributed by atoms with van der Waals surface area (Å²) in [6.07, 6.45) is 0.199. The lowest BCUT2D eigenvalue weighted by atomic mass is 9.83. The van der Waals surface area contributed by atoms with Crippen molar-refractivity contribution in [1.82, 2.24) is 4.90 Å². The second kappa shape index (κ2) is 8.17. The van der Waals surface area contributed by atoms with Gasteiger partial charge in [-0.05, 0) is 35.6 Å². The second-order valence-corrected chi connectivity index (χ2v) is 7.18. The van der Waals surface area contributed by atoms with Gasteiger partial charge >= 0.3 is 12.0 Å². The second-order valence-electron chi connectivity index (χ2n) is 7.18. The number of ether oxygens (including phenoxy) is 1. The fourth-order valence-corrected chi connectivity index (χ4v) is 3.46. The normalized spacial score (nSPS) is 19.7. The van der Waals surface area contributed by atoms with E-state index in [-0.39, 0.29) is 12.5 Å². The molecule has 0 bridgehead atoms. The molecule has 4 nitrogen and oxygen atoms in total. The van der Waals surface area contributed by atoms with E-state index in [1.54, 1.807) is 6.07 Å². The first-order valence-electron chi connectivity index (χ1n) is 8.94. The third-order valence-corrected chi connectivity index (χ3v) is 5.12. The molecular weight excluding hydrogens is 359 g/mol. The Hall–Kier alpha value is -2.28. The van der Waals surface area contributed by atoms with E-state index in [1.807, 2.05) is 12.1 Å². The number of carboxylic acids is 1. The first kappa shape index (κ1) is 19.5. The lowest BCUT2D eigenvalue weighted by Crippen LogP contribution is -2.51. The van der Waals surface area contributed by atoms with Crippen LogP contribution in [-0.4, -0.2) is 42.2 Å². The van der Waals surface area contributed by atoms with Gasteiger partial charge in [0.15, 0.2) is 5.83 Å². The lowest BCUT2D eigenvalue weighted by Gasteiger charge is -2.38. The highest BCUT2D eigenvalue weighted by atomic mass is 19.3. The van der Waals surface area contributed by atoms with Crippen LogP contribution in [0.5, 0.6) is 5.75 Å². The van der Waals surface area contributed by atoms with E-state index in [4.69, 9.17) is 9.84 Å². The minimum atomic E-state index is -2.30. The van der Waals surface area contributed by atoms with Gasteiger partial charge in [0, 0.05) is 26.1 Å². The molecule has 27 heavy (non-hydrogen) atoms. The van der Waals surface area contributed by atoms with Crippen LogP contribution < -0.4 is 4.74 Å². The molecule has 1 aromatic carbocycles. The summed E-state index contributed by atoms with van der Waals surface area (Å²) in [5.74, 6) is -1.58. The summed E-state index contributed by atoms with van der Waals surface area (Å²) in [5.41, 5.74) is 3.45. The van der Waals surface area contributed by atoms with Crippen LogP contribution in [0.3, 0.4) is 0 Å². The number of aliphatic carboxylic acids is 1. The topological polar surface area (TPSA) is 49.8 Å². The number of nitrogens with zero attached hydrogens (tertiary/aromatic N) is 1. The van der Waals surface area contributed by atoms with E-state index >= 15 is 0 Å². The molecule has 0 spiro atoms. The van der Waals surface area contributed by atoms with Gasteiger partial charge in [-0.1, -0.05) is 24.6 Å². The number of benzene rings is 1. The van der Waals surface area contributed by atoms with E-state index in [0.717, 1.165) is 24.1 Å². The van der Waals surface area contributed by atoms with Crippen molar-refractivity contribution in [3.05, 3.63) is 46.8 Å². The molecule has 1 aliphatic heterocycles. The molecule has 1 heterocycles. The van der Waals surface area contributed by atoms with Crippen LogP contribution in [0.1, 0.15) is 24.5 Å². The maximum Gasteiger partial charge on any atom is 0.309 e. The van der Waals surface area contributed by atoms with E-state index in [2.05, 4.69) is 17.9 Å². The SMILES string of the molecule is C[C@@H]1Cc2cc(OCCC(F)=C(F)F)ccc2C=C1CN1CC(C(=O)O)C1. The molecule has 2 aliphatic rings. The molecule has 3 rings (SSSR count). The van der Waals surface area contributed by atoms with Crippen LogP contribution in [0, 0.1) is 11.8 Å². The summed E-state index contributed by atoms with van der Waals surface area (Å²) >= 11 is 0. The zero-order valence-corrected chi connectivity index (χ0v) is 15.1. The Morgan fingerprint density at radius 1 is 1.30 bits per heavy atom. The summed E-state index contributed by atoms with van der Waals surface area (Å²) in [6.45, 7) is 3.93. The van der Waals surface area contributed by atoms with Crippen molar-refractivity contribution < 1.29 is 27.8 Å². The molecule has 146 valence electrons. The van der Waals surface area contributed by atoms with E-state index < -0.39 is 24.3 Å². The number of hydrogen-bond acceptors (Lipinski definition) is 3. The van der Waals surface area contributed by atoms with Crippen molar-refractivity contribution >= 4 is 12.0 Å². The number of hydrogen-bond donors (Lipinski definition) is 1. The van der Waals surface area contributed by atoms with Gasteiger partial charge in [-0.15, -0.1) is 0 Å². The fourth-order valence-electron chi connectivity index (χ4n) is 3.46.